The normalized spacial score (nSPS) is 19.0. The smallest absolute Gasteiger partial charge is 0.251 e. The fourth-order valence-corrected chi connectivity index (χ4v) is 2.49. The predicted molar refractivity (Wildman–Crippen MR) is 79.4 cm³/mol. The van der Waals surface area contributed by atoms with Gasteiger partial charge in [0, 0.05) is 13.1 Å². The molecule has 2 amide bonds. The van der Waals surface area contributed by atoms with Gasteiger partial charge in [-0.2, -0.15) is 0 Å². The van der Waals surface area contributed by atoms with Gasteiger partial charge in [-0.1, -0.05) is 12.1 Å². The van der Waals surface area contributed by atoms with Gasteiger partial charge in [0.1, 0.15) is 11.9 Å². The number of hydrogen-bond donors (Lipinski definition) is 2. The summed E-state index contributed by atoms with van der Waals surface area (Å²) in [6.45, 7) is 2.37. The van der Waals surface area contributed by atoms with Crippen LogP contribution >= 0.6 is 0 Å². The molecule has 1 saturated heterocycles. The zero-order chi connectivity index (χ0) is 16.1. The van der Waals surface area contributed by atoms with Gasteiger partial charge in [0.25, 0.3) is 5.91 Å². The second-order valence-electron chi connectivity index (χ2n) is 5.63. The van der Waals surface area contributed by atoms with E-state index in [1.807, 2.05) is 0 Å². The number of amides is 2. The SMILES string of the molecule is Cc1cc(CNC(=O)CN2CCCCC(O)C2=O)ccc1F. The van der Waals surface area contributed by atoms with Crippen LogP contribution in [0.5, 0.6) is 0 Å². The molecule has 0 aromatic heterocycles. The largest absolute Gasteiger partial charge is 0.383 e. The van der Waals surface area contributed by atoms with E-state index in [0.29, 0.717) is 18.5 Å². The molecule has 1 heterocycles. The van der Waals surface area contributed by atoms with Crippen molar-refractivity contribution in [1.29, 1.82) is 0 Å². The number of halogens is 1. The summed E-state index contributed by atoms with van der Waals surface area (Å²) in [7, 11) is 0. The van der Waals surface area contributed by atoms with Crippen LogP contribution in [0.15, 0.2) is 18.2 Å². The van der Waals surface area contributed by atoms with Crippen molar-refractivity contribution >= 4 is 11.8 Å². The third-order valence-corrected chi connectivity index (χ3v) is 3.80. The lowest BCUT2D eigenvalue weighted by Gasteiger charge is -2.21. The Labute approximate surface area is 129 Å². The number of nitrogens with zero attached hydrogens (tertiary/aromatic N) is 1. The van der Waals surface area contributed by atoms with Crippen LogP contribution in [-0.2, 0) is 16.1 Å². The van der Waals surface area contributed by atoms with Crippen LogP contribution in [0.3, 0.4) is 0 Å². The zero-order valence-corrected chi connectivity index (χ0v) is 12.6. The van der Waals surface area contributed by atoms with E-state index in [4.69, 9.17) is 0 Å². The second kappa shape index (κ2) is 7.35. The Morgan fingerprint density at radius 2 is 2.23 bits per heavy atom. The van der Waals surface area contributed by atoms with Crippen LogP contribution in [0.4, 0.5) is 4.39 Å². The minimum atomic E-state index is -1.00. The van der Waals surface area contributed by atoms with E-state index >= 15 is 0 Å². The van der Waals surface area contributed by atoms with Gasteiger partial charge in [-0.3, -0.25) is 9.59 Å². The minimum Gasteiger partial charge on any atom is -0.383 e. The second-order valence-corrected chi connectivity index (χ2v) is 5.63. The van der Waals surface area contributed by atoms with Gasteiger partial charge in [0.2, 0.25) is 5.91 Å². The Hall–Kier alpha value is -1.95. The van der Waals surface area contributed by atoms with Crippen molar-refractivity contribution in [3.05, 3.63) is 35.1 Å². The molecule has 2 rings (SSSR count). The maximum atomic E-state index is 13.2. The fraction of sp³-hybridized carbons (Fsp3) is 0.500. The van der Waals surface area contributed by atoms with Crippen LogP contribution in [0.1, 0.15) is 30.4 Å². The first kappa shape index (κ1) is 16.4. The van der Waals surface area contributed by atoms with Crippen molar-refractivity contribution in [3.8, 4) is 0 Å². The van der Waals surface area contributed by atoms with Crippen molar-refractivity contribution in [2.24, 2.45) is 0 Å². The molecule has 120 valence electrons. The van der Waals surface area contributed by atoms with Crippen LogP contribution in [0, 0.1) is 12.7 Å². The lowest BCUT2D eigenvalue weighted by Crippen LogP contribution is -2.44. The molecule has 2 N–H and O–H groups in total. The number of aliphatic hydroxyl groups is 1. The highest BCUT2D eigenvalue weighted by atomic mass is 19.1. The molecule has 6 heteroatoms. The Bertz CT molecular complexity index is 562. The van der Waals surface area contributed by atoms with Gasteiger partial charge in [-0.05, 0) is 43.4 Å². The third kappa shape index (κ3) is 4.27. The van der Waals surface area contributed by atoms with Crippen LogP contribution in [-0.4, -0.2) is 41.0 Å². The minimum absolute atomic E-state index is 0.0595. The first-order chi connectivity index (χ1) is 10.5. The summed E-state index contributed by atoms with van der Waals surface area (Å²) in [6, 6.07) is 4.66. The first-order valence-corrected chi connectivity index (χ1v) is 7.46. The number of carbonyl (C=O) groups is 2. The summed E-state index contributed by atoms with van der Waals surface area (Å²) in [5, 5.41) is 12.4. The molecule has 0 saturated carbocycles. The summed E-state index contributed by atoms with van der Waals surface area (Å²) < 4.78 is 13.2. The summed E-state index contributed by atoms with van der Waals surface area (Å²) in [5.41, 5.74) is 1.33. The van der Waals surface area contributed by atoms with Crippen molar-refractivity contribution in [2.45, 2.75) is 38.8 Å². The van der Waals surface area contributed by atoms with Gasteiger partial charge in [-0.15, -0.1) is 0 Å². The monoisotopic (exact) mass is 308 g/mol. The molecule has 1 aliphatic rings. The van der Waals surface area contributed by atoms with Gasteiger partial charge < -0.3 is 15.3 Å². The number of rotatable bonds is 4. The van der Waals surface area contributed by atoms with E-state index in [9.17, 15) is 19.1 Å². The van der Waals surface area contributed by atoms with Gasteiger partial charge in [0.05, 0.1) is 6.54 Å². The number of aryl methyl sites for hydroxylation is 1. The fourth-order valence-electron chi connectivity index (χ4n) is 2.49. The molecular weight excluding hydrogens is 287 g/mol. The highest BCUT2D eigenvalue weighted by molar-refractivity contribution is 5.87. The standard InChI is InChI=1S/C16H21FN2O3/c1-11-8-12(5-6-13(11)17)9-18-15(21)10-19-7-3-2-4-14(20)16(19)22/h5-6,8,14,20H,2-4,7,9-10H2,1H3,(H,18,21). The van der Waals surface area contributed by atoms with Gasteiger partial charge >= 0.3 is 0 Å². The maximum absolute atomic E-state index is 13.2. The molecule has 0 spiro atoms. The Morgan fingerprint density at radius 1 is 1.45 bits per heavy atom. The predicted octanol–water partition coefficient (Wildman–Crippen LogP) is 1.12. The lowest BCUT2D eigenvalue weighted by atomic mass is 10.1. The first-order valence-electron chi connectivity index (χ1n) is 7.46. The molecule has 22 heavy (non-hydrogen) atoms. The number of aliphatic hydroxyl groups excluding tert-OH is 1. The molecule has 0 bridgehead atoms. The maximum Gasteiger partial charge on any atom is 0.251 e. The van der Waals surface area contributed by atoms with Gasteiger partial charge in [0.15, 0.2) is 0 Å². The molecule has 1 aromatic rings. The van der Waals surface area contributed by atoms with E-state index in [0.717, 1.165) is 18.4 Å². The molecule has 5 nitrogen and oxygen atoms in total. The lowest BCUT2D eigenvalue weighted by molar-refractivity contribution is -0.142. The number of benzene rings is 1. The van der Waals surface area contributed by atoms with Crippen molar-refractivity contribution in [1.82, 2.24) is 10.2 Å². The Kier molecular flexibility index (Phi) is 5.49. The van der Waals surface area contributed by atoms with Crippen molar-refractivity contribution < 1.29 is 19.1 Å². The number of hydrogen-bond acceptors (Lipinski definition) is 3. The van der Waals surface area contributed by atoms with E-state index in [2.05, 4.69) is 5.32 Å². The van der Waals surface area contributed by atoms with Crippen molar-refractivity contribution in [2.75, 3.05) is 13.1 Å². The number of likely N-dealkylation sites (tertiary alicyclic amines) is 1. The zero-order valence-electron chi connectivity index (χ0n) is 12.6. The summed E-state index contributed by atoms with van der Waals surface area (Å²) in [6.07, 6.45) is 1.01. The van der Waals surface area contributed by atoms with E-state index in [1.54, 1.807) is 19.1 Å². The molecule has 0 radical (unpaired) electrons. The molecule has 1 atom stereocenters. The van der Waals surface area contributed by atoms with Crippen LogP contribution < -0.4 is 5.32 Å². The van der Waals surface area contributed by atoms with E-state index in [-0.39, 0.29) is 30.7 Å². The molecule has 1 aliphatic heterocycles. The molecule has 0 aliphatic carbocycles. The van der Waals surface area contributed by atoms with E-state index in [1.165, 1.54) is 11.0 Å². The highest BCUT2D eigenvalue weighted by Crippen LogP contribution is 2.12. The van der Waals surface area contributed by atoms with Crippen molar-refractivity contribution in [3.63, 3.8) is 0 Å². The number of nitrogens with one attached hydrogen (secondary N) is 1. The molecule has 1 fully saturated rings. The van der Waals surface area contributed by atoms with Crippen LogP contribution in [0.2, 0.25) is 0 Å². The third-order valence-electron chi connectivity index (χ3n) is 3.80. The molecular formula is C16H21FN2O3. The summed E-state index contributed by atoms with van der Waals surface area (Å²) in [4.78, 5) is 25.2. The number of carbonyl (C=O) groups excluding carboxylic acids is 2. The highest BCUT2D eigenvalue weighted by Gasteiger charge is 2.26. The molecule has 1 aromatic carbocycles. The van der Waals surface area contributed by atoms with E-state index < -0.39 is 6.10 Å². The quantitative estimate of drug-likeness (QED) is 0.876. The van der Waals surface area contributed by atoms with Crippen LogP contribution in [0.25, 0.3) is 0 Å². The Morgan fingerprint density at radius 3 is 2.95 bits per heavy atom. The topological polar surface area (TPSA) is 69.6 Å². The van der Waals surface area contributed by atoms with Gasteiger partial charge in [-0.25, -0.2) is 4.39 Å². The average Bonchev–Trinajstić information content (AvgIpc) is 2.64. The summed E-state index contributed by atoms with van der Waals surface area (Å²) in [5.74, 6) is -0.950. The summed E-state index contributed by atoms with van der Waals surface area (Å²) >= 11 is 0. The molecule has 1 unspecified atom stereocenters. The average molecular weight is 308 g/mol. The Balaban J connectivity index is 1.86.